The van der Waals surface area contributed by atoms with Crippen molar-refractivity contribution in [3.8, 4) is 0 Å². The Kier molecular flexibility index (Phi) is 4.06. The van der Waals surface area contributed by atoms with E-state index in [-0.39, 0.29) is 23.4 Å². The zero-order valence-corrected chi connectivity index (χ0v) is 13.6. The van der Waals surface area contributed by atoms with Crippen LogP contribution in [0.25, 0.3) is 10.9 Å². The van der Waals surface area contributed by atoms with Crippen LogP contribution < -0.4 is 5.56 Å². The van der Waals surface area contributed by atoms with Crippen LogP contribution in [0.1, 0.15) is 25.3 Å². The first-order chi connectivity index (χ1) is 11.7. The number of hydrogen-bond acceptors (Lipinski definition) is 4. The van der Waals surface area contributed by atoms with E-state index in [1.807, 2.05) is 29.2 Å². The average molecular weight is 327 g/mol. The Bertz CT molecular complexity index is 811. The van der Waals surface area contributed by atoms with Crippen molar-refractivity contribution in [3.63, 3.8) is 0 Å². The number of ether oxygens (including phenoxy) is 1. The number of fused-ring (bicyclic) bond motifs is 1. The summed E-state index contributed by atoms with van der Waals surface area (Å²) in [5.74, 6) is 0.147. The first-order valence-corrected chi connectivity index (χ1v) is 8.56. The molecule has 0 spiro atoms. The van der Waals surface area contributed by atoms with E-state index in [0.717, 1.165) is 25.8 Å². The van der Waals surface area contributed by atoms with Gasteiger partial charge in [0.2, 0.25) is 5.91 Å². The van der Waals surface area contributed by atoms with Crippen LogP contribution in [0, 0.1) is 5.92 Å². The Morgan fingerprint density at radius 1 is 1.25 bits per heavy atom. The molecule has 6 heteroatoms. The number of benzene rings is 1. The molecule has 1 aromatic heterocycles. The van der Waals surface area contributed by atoms with Crippen LogP contribution in [0.3, 0.4) is 0 Å². The summed E-state index contributed by atoms with van der Waals surface area (Å²) in [7, 11) is 0. The van der Waals surface area contributed by atoms with Crippen molar-refractivity contribution in [3.05, 3.63) is 40.9 Å². The first kappa shape index (κ1) is 15.3. The van der Waals surface area contributed by atoms with E-state index in [2.05, 4.69) is 4.98 Å². The second kappa shape index (κ2) is 6.36. The van der Waals surface area contributed by atoms with E-state index >= 15 is 0 Å². The van der Waals surface area contributed by atoms with Gasteiger partial charge in [-0.3, -0.25) is 14.2 Å². The van der Waals surface area contributed by atoms with Gasteiger partial charge >= 0.3 is 0 Å². The summed E-state index contributed by atoms with van der Waals surface area (Å²) in [6.45, 7) is 2.54. The lowest BCUT2D eigenvalue weighted by molar-refractivity contribution is -0.137. The summed E-state index contributed by atoms with van der Waals surface area (Å²) in [6.07, 6.45) is 4.23. The average Bonchev–Trinajstić information content (AvgIpc) is 3.16. The highest BCUT2D eigenvalue weighted by atomic mass is 16.5. The fourth-order valence-electron chi connectivity index (χ4n) is 3.71. The summed E-state index contributed by atoms with van der Waals surface area (Å²) in [5, 5.41) is 0.632. The molecule has 2 aromatic rings. The number of carbonyl (C=O) groups is 1. The second-order valence-electron chi connectivity index (χ2n) is 6.61. The maximum Gasteiger partial charge on any atom is 0.261 e. The van der Waals surface area contributed by atoms with Crippen molar-refractivity contribution in [2.24, 2.45) is 5.92 Å². The molecule has 2 aliphatic rings. The molecular formula is C18H21N3O3. The van der Waals surface area contributed by atoms with Gasteiger partial charge in [-0.05, 0) is 31.4 Å². The van der Waals surface area contributed by atoms with Gasteiger partial charge in [0.1, 0.15) is 0 Å². The summed E-state index contributed by atoms with van der Waals surface area (Å²) in [4.78, 5) is 31.7. The van der Waals surface area contributed by atoms with Crippen molar-refractivity contribution >= 4 is 16.8 Å². The molecule has 3 heterocycles. The highest BCUT2D eigenvalue weighted by Gasteiger charge is 2.32. The lowest BCUT2D eigenvalue weighted by atomic mass is 10.0. The van der Waals surface area contributed by atoms with Gasteiger partial charge in [-0.15, -0.1) is 0 Å². The molecule has 0 unspecified atom stereocenters. The largest absolute Gasteiger partial charge is 0.381 e. The quantitative estimate of drug-likeness (QED) is 0.840. The number of hydrogen-bond donors (Lipinski definition) is 0. The minimum absolute atomic E-state index is 0.00497. The van der Waals surface area contributed by atoms with Crippen LogP contribution in [0.2, 0.25) is 0 Å². The molecule has 24 heavy (non-hydrogen) atoms. The first-order valence-electron chi connectivity index (χ1n) is 8.56. The molecule has 0 saturated carbocycles. The van der Waals surface area contributed by atoms with Crippen LogP contribution in [0.5, 0.6) is 0 Å². The SMILES string of the molecule is O=C([C@@H]1CCOC1)N1CCC[C@H](n2cnc3ccccc3c2=O)C1. The van der Waals surface area contributed by atoms with Gasteiger partial charge < -0.3 is 9.64 Å². The molecule has 4 rings (SSSR count). The molecule has 0 bridgehead atoms. The molecule has 1 aromatic carbocycles. The van der Waals surface area contributed by atoms with E-state index in [1.165, 1.54) is 0 Å². The van der Waals surface area contributed by atoms with Crippen molar-refractivity contribution in [2.75, 3.05) is 26.3 Å². The Labute approximate surface area is 140 Å². The van der Waals surface area contributed by atoms with Crippen molar-refractivity contribution < 1.29 is 9.53 Å². The van der Waals surface area contributed by atoms with Gasteiger partial charge in [0.25, 0.3) is 5.56 Å². The van der Waals surface area contributed by atoms with Crippen LogP contribution in [-0.2, 0) is 9.53 Å². The highest BCUT2D eigenvalue weighted by molar-refractivity contribution is 5.79. The predicted molar refractivity (Wildman–Crippen MR) is 89.8 cm³/mol. The third kappa shape index (κ3) is 2.71. The lowest BCUT2D eigenvalue weighted by Crippen LogP contribution is -2.45. The Balaban J connectivity index is 1.59. The molecule has 1 amide bonds. The molecule has 2 saturated heterocycles. The van der Waals surface area contributed by atoms with Gasteiger partial charge in [-0.2, -0.15) is 0 Å². The fraction of sp³-hybridized carbons (Fsp3) is 0.500. The number of aromatic nitrogens is 2. The van der Waals surface area contributed by atoms with E-state index in [9.17, 15) is 9.59 Å². The van der Waals surface area contributed by atoms with E-state index < -0.39 is 0 Å². The van der Waals surface area contributed by atoms with Gasteiger partial charge in [-0.25, -0.2) is 4.98 Å². The molecule has 0 N–H and O–H groups in total. The summed E-state index contributed by atoms with van der Waals surface area (Å²) < 4.78 is 7.04. The summed E-state index contributed by atoms with van der Waals surface area (Å²) in [6, 6.07) is 7.38. The molecule has 2 atom stereocenters. The third-order valence-corrected chi connectivity index (χ3v) is 5.07. The number of likely N-dealkylation sites (tertiary alicyclic amines) is 1. The van der Waals surface area contributed by atoms with Crippen molar-refractivity contribution in [2.45, 2.75) is 25.3 Å². The monoisotopic (exact) mass is 327 g/mol. The van der Waals surface area contributed by atoms with Gasteiger partial charge in [0.15, 0.2) is 0 Å². The minimum Gasteiger partial charge on any atom is -0.381 e. The van der Waals surface area contributed by atoms with Gasteiger partial charge in [0.05, 0.1) is 35.8 Å². The van der Waals surface area contributed by atoms with Crippen LogP contribution in [0.15, 0.2) is 35.4 Å². The standard InChI is InChI=1S/C18H21N3O3/c22-17(13-7-9-24-11-13)20-8-3-4-14(10-20)21-12-19-16-6-2-1-5-15(16)18(21)23/h1-2,5-6,12-14H,3-4,7-11H2/t13-,14+/m1/s1. The van der Waals surface area contributed by atoms with E-state index in [0.29, 0.717) is 30.7 Å². The smallest absolute Gasteiger partial charge is 0.261 e. The highest BCUT2D eigenvalue weighted by Crippen LogP contribution is 2.24. The predicted octanol–water partition coefficient (Wildman–Crippen LogP) is 1.60. The Morgan fingerprint density at radius 3 is 2.96 bits per heavy atom. The maximum absolute atomic E-state index is 12.8. The molecule has 0 aliphatic carbocycles. The summed E-state index contributed by atoms with van der Waals surface area (Å²) >= 11 is 0. The number of piperidine rings is 1. The minimum atomic E-state index is -0.0240. The number of carbonyl (C=O) groups excluding carboxylic acids is 1. The molecule has 2 aliphatic heterocycles. The molecule has 126 valence electrons. The number of nitrogens with zero attached hydrogens (tertiary/aromatic N) is 3. The number of amides is 1. The molecule has 6 nitrogen and oxygen atoms in total. The number of para-hydroxylation sites is 1. The van der Waals surface area contributed by atoms with Crippen molar-refractivity contribution in [1.82, 2.24) is 14.5 Å². The van der Waals surface area contributed by atoms with Crippen LogP contribution in [0.4, 0.5) is 0 Å². The fourth-order valence-corrected chi connectivity index (χ4v) is 3.71. The maximum atomic E-state index is 12.8. The van der Waals surface area contributed by atoms with E-state index in [1.54, 1.807) is 10.9 Å². The molecule has 2 fully saturated rings. The summed E-state index contributed by atoms with van der Waals surface area (Å²) in [5.41, 5.74) is 0.690. The van der Waals surface area contributed by atoms with Crippen molar-refractivity contribution in [1.29, 1.82) is 0 Å². The van der Waals surface area contributed by atoms with Gasteiger partial charge in [0, 0.05) is 19.7 Å². The molecule has 0 radical (unpaired) electrons. The van der Waals surface area contributed by atoms with E-state index in [4.69, 9.17) is 4.74 Å². The zero-order chi connectivity index (χ0) is 16.5. The number of rotatable bonds is 2. The Hall–Kier alpha value is -2.21. The normalized spacial score (nSPS) is 24.4. The van der Waals surface area contributed by atoms with Crippen LogP contribution >= 0.6 is 0 Å². The van der Waals surface area contributed by atoms with Crippen LogP contribution in [-0.4, -0.2) is 46.7 Å². The second-order valence-corrected chi connectivity index (χ2v) is 6.61. The Morgan fingerprint density at radius 2 is 2.12 bits per heavy atom. The lowest BCUT2D eigenvalue weighted by Gasteiger charge is -2.34. The third-order valence-electron chi connectivity index (χ3n) is 5.07. The zero-order valence-electron chi connectivity index (χ0n) is 13.6. The van der Waals surface area contributed by atoms with Gasteiger partial charge in [-0.1, -0.05) is 12.1 Å². The molecular weight excluding hydrogens is 306 g/mol. The topological polar surface area (TPSA) is 64.4 Å².